The molecule has 1 heterocycles. The Labute approximate surface area is 84.6 Å². The quantitative estimate of drug-likeness (QED) is 0.708. The Morgan fingerprint density at radius 3 is 2.71 bits per heavy atom. The van der Waals surface area contributed by atoms with Crippen LogP contribution < -0.4 is 0 Å². The maximum atomic E-state index is 4.53. The fourth-order valence-corrected chi connectivity index (χ4v) is 1.79. The van der Waals surface area contributed by atoms with Gasteiger partial charge >= 0.3 is 0 Å². The molecule has 0 saturated heterocycles. The van der Waals surface area contributed by atoms with Crippen LogP contribution in [0.25, 0.3) is 11.0 Å². The zero-order valence-electron chi connectivity index (χ0n) is 8.99. The van der Waals surface area contributed by atoms with Crippen LogP contribution in [0.15, 0.2) is 24.3 Å². The van der Waals surface area contributed by atoms with E-state index in [1.165, 1.54) is 5.52 Å². The third kappa shape index (κ3) is 1.52. The van der Waals surface area contributed by atoms with E-state index in [1.54, 1.807) is 0 Å². The predicted molar refractivity (Wildman–Crippen MR) is 59.3 cm³/mol. The summed E-state index contributed by atoms with van der Waals surface area (Å²) in [6.45, 7) is 7.58. The number of aromatic nitrogens is 2. The Bertz CT molecular complexity index is 441. The van der Waals surface area contributed by atoms with E-state index < -0.39 is 0 Å². The standard InChI is InChI=1S/C12H16N2/c1-9(2)8-14-10(3)13-11-6-4-5-7-12(11)14/h4-7,9H,8H2,1-3H3. The smallest absolute Gasteiger partial charge is 0.106 e. The van der Waals surface area contributed by atoms with Gasteiger partial charge in [0.2, 0.25) is 0 Å². The van der Waals surface area contributed by atoms with E-state index in [4.69, 9.17) is 0 Å². The van der Waals surface area contributed by atoms with Crippen LogP contribution in [-0.2, 0) is 6.54 Å². The maximum absolute atomic E-state index is 4.53. The molecule has 0 N–H and O–H groups in total. The van der Waals surface area contributed by atoms with Crippen molar-refractivity contribution in [3.05, 3.63) is 30.1 Å². The molecule has 0 aliphatic carbocycles. The summed E-state index contributed by atoms with van der Waals surface area (Å²) in [5, 5.41) is 0. The molecule has 0 aliphatic rings. The fraction of sp³-hybridized carbons (Fsp3) is 0.417. The lowest BCUT2D eigenvalue weighted by Gasteiger charge is -2.09. The van der Waals surface area contributed by atoms with Crippen molar-refractivity contribution in [2.45, 2.75) is 27.3 Å². The van der Waals surface area contributed by atoms with Crippen LogP contribution in [0.4, 0.5) is 0 Å². The largest absolute Gasteiger partial charge is 0.328 e. The summed E-state index contributed by atoms with van der Waals surface area (Å²) in [6, 6.07) is 8.31. The van der Waals surface area contributed by atoms with E-state index in [2.05, 4.69) is 48.5 Å². The number of hydrogen-bond donors (Lipinski definition) is 0. The minimum atomic E-state index is 0.659. The third-order valence-electron chi connectivity index (χ3n) is 2.39. The number of benzene rings is 1. The highest BCUT2D eigenvalue weighted by Crippen LogP contribution is 2.16. The van der Waals surface area contributed by atoms with Gasteiger partial charge in [-0.1, -0.05) is 26.0 Å². The van der Waals surface area contributed by atoms with Gasteiger partial charge in [-0.2, -0.15) is 0 Å². The van der Waals surface area contributed by atoms with Crippen molar-refractivity contribution in [2.75, 3.05) is 0 Å². The van der Waals surface area contributed by atoms with Crippen LogP contribution >= 0.6 is 0 Å². The molecule has 0 atom stereocenters. The lowest BCUT2D eigenvalue weighted by molar-refractivity contribution is 0.524. The second kappa shape index (κ2) is 3.45. The van der Waals surface area contributed by atoms with Gasteiger partial charge in [0, 0.05) is 6.54 Å². The normalized spacial score (nSPS) is 11.4. The highest BCUT2D eigenvalue weighted by atomic mass is 15.1. The molecule has 0 unspecified atom stereocenters. The summed E-state index contributed by atoms with van der Waals surface area (Å²) in [5.41, 5.74) is 2.35. The van der Waals surface area contributed by atoms with Gasteiger partial charge in [-0.3, -0.25) is 0 Å². The summed E-state index contributed by atoms with van der Waals surface area (Å²) >= 11 is 0. The van der Waals surface area contributed by atoms with E-state index in [1.807, 2.05) is 6.07 Å². The molecule has 1 aromatic heterocycles. The number of nitrogens with zero attached hydrogens (tertiary/aromatic N) is 2. The first-order valence-electron chi connectivity index (χ1n) is 5.10. The van der Waals surface area contributed by atoms with Crippen molar-refractivity contribution < 1.29 is 0 Å². The van der Waals surface area contributed by atoms with E-state index in [9.17, 15) is 0 Å². The molecule has 2 nitrogen and oxygen atoms in total. The molecule has 0 aliphatic heterocycles. The van der Waals surface area contributed by atoms with E-state index in [0.29, 0.717) is 5.92 Å². The van der Waals surface area contributed by atoms with Crippen molar-refractivity contribution in [3.8, 4) is 0 Å². The van der Waals surface area contributed by atoms with Crippen molar-refractivity contribution in [3.63, 3.8) is 0 Å². The number of fused-ring (bicyclic) bond motifs is 1. The van der Waals surface area contributed by atoms with Crippen molar-refractivity contribution in [2.24, 2.45) is 5.92 Å². The Morgan fingerprint density at radius 2 is 2.00 bits per heavy atom. The van der Waals surface area contributed by atoms with Crippen LogP contribution in [0.5, 0.6) is 0 Å². The van der Waals surface area contributed by atoms with Gasteiger partial charge in [-0.05, 0) is 25.0 Å². The third-order valence-corrected chi connectivity index (χ3v) is 2.39. The van der Waals surface area contributed by atoms with Crippen LogP contribution in [0.2, 0.25) is 0 Å². The second-order valence-electron chi connectivity index (χ2n) is 4.15. The zero-order valence-corrected chi connectivity index (χ0v) is 8.99. The highest BCUT2D eigenvalue weighted by Gasteiger charge is 2.06. The Balaban J connectivity index is 2.56. The SMILES string of the molecule is Cc1nc2ccccc2n1CC(C)C. The number of para-hydroxylation sites is 2. The molecule has 0 amide bonds. The van der Waals surface area contributed by atoms with E-state index in [-0.39, 0.29) is 0 Å². The first-order valence-corrected chi connectivity index (χ1v) is 5.10. The number of hydrogen-bond acceptors (Lipinski definition) is 1. The first kappa shape index (κ1) is 9.25. The van der Waals surface area contributed by atoms with E-state index >= 15 is 0 Å². The summed E-state index contributed by atoms with van der Waals surface area (Å²) in [4.78, 5) is 4.53. The van der Waals surface area contributed by atoms with Crippen molar-refractivity contribution >= 4 is 11.0 Å². The Hall–Kier alpha value is -1.31. The molecule has 2 aromatic rings. The molecular weight excluding hydrogens is 172 g/mol. The minimum Gasteiger partial charge on any atom is -0.328 e. The lowest BCUT2D eigenvalue weighted by Crippen LogP contribution is -2.05. The van der Waals surface area contributed by atoms with Gasteiger partial charge in [0.15, 0.2) is 0 Å². The number of imidazole rings is 1. The van der Waals surface area contributed by atoms with Gasteiger partial charge in [0.1, 0.15) is 5.82 Å². The number of aryl methyl sites for hydroxylation is 1. The monoisotopic (exact) mass is 188 g/mol. The summed E-state index contributed by atoms with van der Waals surface area (Å²) in [6.07, 6.45) is 0. The average Bonchev–Trinajstić information content (AvgIpc) is 2.43. The molecule has 0 fully saturated rings. The predicted octanol–water partition coefficient (Wildman–Crippen LogP) is 3.00. The van der Waals surface area contributed by atoms with Crippen molar-refractivity contribution in [1.82, 2.24) is 9.55 Å². The summed E-state index contributed by atoms with van der Waals surface area (Å²) in [7, 11) is 0. The lowest BCUT2D eigenvalue weighted by atomic mass is 10.2. The van der Waals surface area contributed by atoms with Gasteiger partial charge in [0.05, 0.1) is 11.0 Å². The molecular formula is C12H16N2. The minimum absolute atomic E-state index is 0.659. The fourth-order valence-electron chi connectivity index (χ4n) is 1.79. The molecule has 2 heteroatoms. The van der Waals surface area contributed by atoms with Gasteiger partial charge in [-0.15, -0.1) is 0 Å². The first-order chi connectivity index (χ1) is 6.68. The molecule has 14 heavy (non-hydrogen) atoms. The van der Waals surface area contributed by atoms with Gasteiger partial charge in [-0.25, -0.2) is 4.98 Å². The topological polar surface area (TPSA) is 17.8 Å². The van der Waals surface area contributed by atoms with Crippen LogP contribution in [0.1, 0.15) is 19.7 Å². The number of rotatable bonds is 2. The maximum Gasteiger partial charge on any atom is 0.106 e. The molecule has 2 rings (SSSR count). The molecule has 0 saturated carbocycles. The molecule has 0 spiro atoms. The highest BCUT2D eigenvalue weighted by molar-refractivity contribution is 5.75. The van der Waals surface area contributed by atoms with Gasteiger partial charge in [0.25, 0.3) is 0 Å². The molecule has 0 bridgehead atoms. The Morgan fingerprint density at radius 1 is 1.29 bits per heavy atom. The summed E-state index contributed by atoms with van der Waals surface area (Å²) in [5.74, 6) is 1.77. The molecule has 74 valence electrons. The molecule has 0 radical (unpaired) electrons. The van der Waals surface area contributed by atoms with Gasteiger partial charge < -0.3 is 4.57 Å². The van der Waals surface area contributed by atoms with Crippen molar-refractivity contribution in [1.29, 1.82) is 0 Å². The Kier molecular flexibility index (Phi) is 2.28. The van der Waals surface area contributed by atoms with Crippen LogP contribution in [-0.4, -0.2) is 9.55 Å². The zero-order chi connectivity index (χ0) is 10.1. The van der Waals surface area contributed by atoms with Crippen LogP contribution in [0.3, 0.4) is 0 Å². The van der Waals surface area contributed by atoms with E-state index in [0.717, 1.165) is 17.9 Å². The average molecular weight is 188 g/mol. The molecule has 1 aromatic carbocycles. The summed E-state index contributed by atoms with van der Waals surface area (Å²) < 4.78 is 2.29. The second-order valence-corrected chi connectivity index (χ2v) is 4.15. The van der Waals surface area contributed by atoms with Crippen LogP contribution in [0, 0.1) is 12.8 Å².